The molecule has 0 saturated heterocycles. The Balaban J connectivity index is 1.64. The summed E-state index contributed by atoms with van der Waals surface area (Å²) in [4.78, 5) is 9.19. The highest BCUT2D eigenvalue weighted by Gasteiger charge is 2.29. The van der Waals surface area contributed by atoms with Gasteiger partial charge in [0, 0.05) is 21.5 Å². The molecule has 5 rings (SSSR count). The Hall–Kier alpha value is -2.13. The monoisotopic (exact) mass is 483 g/mol. The van der Waals surface area contributed by atoms with Gasteiger partial charge in [-0.1, -0.05) is 53.5 Å². The summed E-state index contributed by atoms with van der Waals surface area (Å²) >= 11 is 13.5. The molecule has 0 N–H and O–H groups in total. The van der Waals surface area contributed by atoms with Crippen molar-refractivity contribution in [2.24, 2.45) is 0 Å². The third-order valence-electron chi connectivity index (χ3n) is 6.23. The van der Waals surface area contributed by atoms with Crippen molar-refractivity contribution in [3.8, 4) is 11.3 Å². The lowest BCUT2D eigenvalue weighted by Crippen LogP contribution is -2.09. The molecule has 0 bridgehead atoms. The van der Waals surface area contributed by atoms with Crippen LogP contribution in [-0.2, 0) is 4.57 Å². The summed E-state index contributed by atoms with van der Waals surface area (Å²) in [5, 5.41) is 2.24. The molecule has 2 aromatic heterocycles. The molecule has 164 valence electrons. The second kappa shape index (κ2) is 8.02. The van der Waals surface area contributed by atoms with Crippen molar-refractivity contribution in [1.82, 2.24) is 14.5 Å². The van der Waals surface area contributed by atoms with Crippen molar-refractivity contribution in [2.75, 3.05) is 13.3 Å². The molecule has 1 saturated carbocycles. The minimum atomic E-state index is -2.47. The highest BCUT2D eigenvalue weighted by Crippen LogP contribution is 2.47. The second-order valence-corrected chi connectivity index (χ2v) is 12.9. The average Bonchev–Trinajstić information content (AvgIpc) is 3.51. The molecule has 0 spiro atoms. The largest absolute Gasteiger partial charge is 0.323 e. The van der Waals surface area contributed by atoms with Gasteiger partial charge in [0.2, 0.25) is 0 Å². The SMILES string of the molecule is C[C@H](c1c(Cl)ccc(C2CC2)c1Cl)n1cnc2cnc(-c3ccccc3P(C)(C)=O)cc21. The summed E-state index contributed by atoms with van der Waals surface area (Å²) in [6.45, 7) is 5.66. The molecular formula is C25H24Cl2N3OP. The van der Waals surface area contributed by atoms with Gasteiger partial charge in [-0.2, -0.15) is 0 Å². The van der Waals surface area contributed by atoms with Gasteiger partial charge in [-0.15, -0.1) is 0 Å². The fourth-order valence-electron chi connectivity index (χ4n) is 4.36. The van der Waals surface area contributed by atoms with Crippen LogP contribution in [0.15, 0.2) is 55.0 Å². The third kappa shape index (κ3) is 3.79. The summed E-state index contributed by atoms with van der Waals surface area (Å²) in [5.74, 6) is 0.538. The molecule has 1 atom stereocenters. The number of halogens is 2. The predicted octanol–water partition coefficient (Wildman–Crippen LogP) is 7.14. The van der Waals surface area contributed by atoms with Crippen LogP contribution < -0.4 is 5.30 Å². The van der Waals surface area contributed by atoms with Crippen molar-refractivity contribution in [2.45, 2.75) is 31.7 Å². The Kier molecular flexibility index (Phi) is 5.44. The topological polar surface area (TPSA) is 47.8 Å². The lowest BCUT2D eigenvalue weighted by molar-refractivity contribution is 0.588. The van der Waals surface area contributed by atoms with Crippen molar-refractivity contribution in [3.63, 3.8) is 0 Å². The van der Waals surface area contributed by atoms with Gasteiger partial charge in [0.1, 0.15) is 12.7 Å². The van der Waals surface area contributed by atoms with Crippen molar-refractivity contribution >= 4 is 46.7 Å². The third-order valence-corrected chi connectivity index (χ3v) is 8.53. The molecule has 4 nitrogen and oxygen atoms in total. The lowest BCUT2D eigenvalue weighted by atomic mass is 10.0. The maximum atomic E-state index is 12.9. The number of hydrogen-bond donors (Lipinski definition) is 0. The normalized spacial score (nSPS) is 15.3. The molecule has 1 aliphatic carbocycles. The molecule has 2 heterocycles. The van der Waals surface area contributed by atoms with Crippen LogP contribution in [0.4, 0.5) is 0 Å². The number of nitrogens with zero attached hydrogens (tertiary/aromatic N) is 3. The van der Waals surface area contributed by atoms with Gasteiger partial charge in [0.05, 0.1) is 34.8 Å². The quantitative estimate of drug-likeness (QED) is 0.283. The minimum Gasteiger partial charge on any atom is -0.323 e. The number of hydrogen-bond acceptors (Lipinski definition) is 3. The summed E-state index contributed by atoms with van der Waals surface area (Å²) in [6, 6.07) is 13.7. The van der Waals surface area contributed by atoms with Gasteiger partial charge in [-0.3, -0.25) is 4.98 Å². The Bertz CT molecular complexity index is 1390. The van der Waals surface area contributed by atoms with E-state index in [1.165, 1.54) is 18.4 Å². The van der Waals surface area contributed by atoms with E-state index in [4.69, 9.17) is 23.2 Å². The van der Waals surface area contributed by atoms with Gasteiger partial charge in [-0.05, 0) is 56.7 Å². The first-order chi connectivity index (χ1) is 15.3. The fourth-order valence-corrected chi connectivity index (χ4v) is 6.42. The van der Waals surface area contributed by atoms with E-state index < -0.39 is 7.14 Å². The number of imidazole rings is 1. The molecule has 0 unspecified atom stereocenters. The average molecular weight is 484 g/mol. The van der Waals surface area contributed by atoms with Crippen LogP contribution in [0.3, 0.4) is 0 Å². The Morgan fingerprint density at radius 3 is 2.56 bits per heavy atom. The van der Waals surface area contributed by atoms with Gasteiger partial charge < -0.3 is 9.13 Å². The Morgan fingerprint density at radius 1 is 1.09 bits per heavy atom. The number of aromatic nitrogens is 3. The summed E-state index contributed by atoms with van der Waals surface area (Å²) in [7, 11) is -2.47. The zero-order valence-electron chi connectivity index (χ0n) is 18.2. The first kappa shape index (κ1) is 21.7. The van der Waals surface area contributed by atoms with E-state index in [9.17, 15) is 4.57 Å². The van der Waals surface area contributed by atoms with E-state index in [2.05, 4.69) is 27.5 Å². The van der Waals surface area contributed by atoms with E-state index in [1.54, 1.807) is 19.5 Å². The van der Waals surface area contributed by atoms with E-state index in [1.807, 2.05) is 42.7 Å². The Morgan fingerprint density at radius 2 is 1.84 bits per heavy atom. The van der Waals surface area contributed by atoms with Gasteiger partial charge >= 0.3 is 0 Å². The van der Waals surface area contributed by atoms with Crippen LogP contribution in [0.5, 0.6) is 0 Å². The van der Waals surface area contributed by atoms with Crippen LogP contribution >= 0.6 is 30.3 Å². The first-order valence-corrected chi connectivity index (χ1v) is 14.1. The molecule has 32 heavy (non-hydrogen) atoms. The predicted molar refractivity (Wildman–Crippen MR) is 134 cm³/mol. The lowest BCUT2D eigenvalue weighted by Gasteiger charge is -2.20. The van der Waals surface area contributed by atoms with E-state index >= 15 is 0 Å². The first-order valence-electron chi connectivity index (χ1n) is 10.7. The summed E-state index contributed by atoms with van der Waals surface area (Å²) in [6.07, 6.45) is 5.94. The van der Waals surface area contributed by atoms with E-state index in [0.717, 1.165) is 38.2 Å². The van der Waals surface area contributed by atoms with E-state index in [0.29, 0.717) is 10.9 Å². The standard InChI is InChI=1S/C25H24Cl2N3OP/c1-15(24-19(26)11-10-17(25(24)27)16-8-9-16)30-14-29-21-13-28-20(12-22(21)30)18-6-4-5-7-23(18)32(2,3)31/h4-7,10-16H,8-9H2,1-3H3/t15-/m1/s1. The number of pyridine rings is 1. The minimum absolute atomic E-state index is 0.104. The molecule has 7 heteroatoms. The molecule has 1 aliphatic rings. The molecule has 4 aromatic rings. The summed E-state index contributed by atoms with van der Waals surface area (Å²) in [5.41, 5.74) is 5.48. The van der Waals surface area contributed by atoms with Crippen molar-refractivity contribution < 1.29 is 4.57 Å². The fraction of sp³-hybridized carbons (Fsp3) is 0.280. The smallest absolute Gasteiger partial charge is 0.110 e. The van der Waals surface area contributed by atoms with Gasteiger partial charge in [0.15, 0.2) is 0 Å². The van der Waals surface area contributed by atoms with Crippen LogP contribution in [0.25, 0.3) is 22.3 Å². The molecule has 1 fully saturated rings. The van der Waals surface area contributed by atoms with Crippen LogP contribution in [0.1, 0.15) is 42.9 Å². The summed E-state index contributed by atoms with van der Waals surface area (Å²) < 4.78 is 15.0. The van der Waals surface area contributed by atoms with Crippen LogP contribution in [0.2, 0.25) is 10.0 Å². The molecular weight excluding hydrogens is 460 g/mol. The Labute approximate surface area is 198 Å². The number of benzene rings is 2. The highest BCUT2D eigenvalue weighted by molar-refractivity contribution is 7.70. The number of fused-ring (bicyclic) bond motifs is 1. The zero-order chi connectivity index (χ0) is 22.6. The zero-order valence-corrected chi connectivity index (χ0v) is 20.6. The number of rotatable bonds is 5. The van der Waals surface area contributed by atoms with Crippen LogP contribution in [-0.4, -0.2) is 27.9 Å². The van der Waals surface area contributed by atoms with Crippen molar-refractivity contribution in [1.29, 1.82) is 0 Å². The van der Waals surface area contributed by atoms with Gasteiger partial charge in [0.25, 0.3) is 0 Å². The van der Waals surface area contributed by atoms with E-state index in [-0.39, 0.29) is 6.04 Å². The molecule has 0 aliphatic heterocycles. The highest BCUT2D eigenvalue weighted by atomic mass is 35.5. The maximum absolute atomic E-state index is 12.9. The maximum Gasteiger partial charge on any atom is 0.110 e. The molecule has 2 aromatic carbocycles. The second-order valence-electron chi connectivity index (χ2n) is 8.89. The van der Waals surface area contributed by atoms with Crippen LogP contribution in [0, 0.1) is 0 Å². The molecule has 0 amide bonds. The van der Waals surface area contributed by atoms with Gasteiger partial charge in [-0.25, -0.2) is 4.98 Å². The van der Waals surface area contributed by atoms with Crippen molar-refractivity contribution in [3.05, 3.63) is 76.2 Å². The molecule has 0 radical (unpaired) electrons.